The van der Waals surface area contributed by atoms with Gasteiger partial charge in [0.2, 0.25) is 0 Å². The molecule has 0 aliphatic carbocycles. The van der Waals surface area contributed by atoms with Crippen molar-refractivity contribution in [2.45, 2.75) is 0 Å². The molecule has 0 aliphatic rings. The molecule has 0 aliphatic heterocycles. The zero-order valence-electron chi connectivity index (χ0n) is 30.6. The minimum absolute atomic E-state index is 0.781. The molecule has 0 atom stereocenters. The van der Waals surface area contributed by atoms with E-state index in [4.69, 9.17) is 13.3 Å². The Morgan fingerprint density at radius 1 is 0.263 bits per heavy atom. The summed E-state index contributed by atoms with van der Waals surface area (Å²) in [6.07, 6.45) is 0. The Morgan fingerprint density at radius 3 is 1.60 bits per heavy atom. The van der Waals surface area contributed by atoms with Gasteiger partial charge in [-0.15, -0.1) is 0 Å². The number of anilines is 6. The van der Waals surface area contributed by atoms with Crippen molar-refractivity contribution in [1.82, 2.24) is 0 Å². The zero-order valence-corrected chi connectivity index (χ0v) is 30.6. The Labute approximate surface area is 326 Å². The summed E-state index contributed by atoms with van der Waals surface area (Å²) >= 11 is 0. The molecule has 5 nitrogen and oxygen atoms in total. The fourth-order valence-electron chi connectivity index (χ4n) is 8.67. The minimum Gasteiger partial charge on any atom is -0.456 e. The first-order valence-corrected chi connectivity index (χ1v) is 19.2. The van der Waals surface area contributed by atoms with Crippen molar-refractivity contribution in [1.29, 1.82) is 0 Å². The van der Waals surface area contributed by atoms with Crippen LogP contribution in [0.3, 0.4) is 0 Å². The van der Waals surface area contributed by atoms with Gasteiger partial charge in [-0.1, -0.05) is 103 Å². The Morgan fingerprint density at radius 2 is 0.807 bits per heavy atom. The monoisotopic (exact) mass is 732 g/mol. The van der Waals surface area contributed by atoms with Gasteiger partial charge in [0.25, 0.3) is 0 Å². The van der Waals surface area contributed by atoms with Crippen LogP contribution in [0.1, 0.15) is 0 Å². The van der Waals surface area contributed by atoms with Gasteiger partial charge in [0.05, 0.1) is 27.8 Å². The first-order chi connectivity index (χ1) is 28.2. The fourth-order valence-corrected chi connectivity index (χ4v) is 8.67. The van der Waals surface area contributed by atoms with Crippen LogP contribution in [0.15, 0.2) is 207 Å². The predicted octanol–water partition coefficient (Wildman–Crippen LogP) is 15.5. The molecule has 3 aromatic heterocycles. The lowest BCUT2D eigenvalue weighted by molar-refractivity contribution is 0.668. The number of para-hydroxylation sites is 4. The molecule has 3 heterocycles. The second kappa shape index (κ2) is 12.4. The largest absolute Gasteiger partial charge is 0.456 e. The van der Waals surface area contributed by atoms with Crippen LogP contribution in [0.5, 0.6) is 0 Å². The first-order valence-electron chi connectivity index (χ1n) is 19.2. The van der Waals surface area contributed by atoms with Crippen LogP contribution in [-0.4, -0.2) is 0 Å². The average Bonchev–Trinajstić information content (AvgIpc) is 3.95. The van der Waals surface area contributed by atoms with Gasteiger partial charge in [0.1, 0.15) is 33.5 Å². The van der Waals surface area contributed by atoms with Gasteiger partial charge in [-0.2, -0.15) is 0 Å². The number of hydrogen-bond acceptors (Lipinski definition) is 5. The van der Waals surface area contributed by atoms with E-state index in [1.807, 2.05) is 24.3 Å². The fraction of sp³-hybridized carbons (Fsp3) is 0. The van der Waals surface area contributed by atoms with Crippen molar-refractivity contribution in [3.8, 4) is 0 Å². The zero-order chi connectivity index (χ0) is 37.5. The van der Waals surface area contributed by atoms with Crippen molar-refractivity contribution >= 4 is 111 Å². The number of benzene rings is 9. The van der Waals surface area contributed by atoms with Gasteiger partial charge in [-0.3, -0.25) is 0 Å². The SMILES string of the molecule is c1ccc(N(c2ccc3c(c2)oc2ccccc23)c2cc(N(c3ccccc3)c3cccc4oc5ccccc5c34)c3c(c2)oc2cc4ccccc4cc23)cc1. The van der Waals surface area contributed by atoms with Crippen LogP contribution in [0.25, 0.3) is 76.6 Å². The van der Waals surface area contributed by atoms with Gasteiger partial charge in [0, 0.05) is 50.7 Å². The third-order valence-electron chi connectivity index (χ3n) is 11.2. The van der Waals surface area contributed by atoms with Crippen LogP contribution in [0, 0.1) is 0 Å². The number of furan rings is 3. The lowest BCUT2D eigenvalue weighted by Crippen LogP contribution is -2.14. The van der Waals surface area contributed by atoms with Gasteiger partial charge in [-0.05, 0) is 89.6 Å². The molecule has 0 N–H and O–H groups in total. The molecule has 5 heteroatoms. The van der Waals surface area contributed by atoms with E-state index in [1.54, 1.807) is 0 Å². The molecule has 0 amide bonds. The van der Waals surface area contributed by atoms with Crippen LogP contribution in [-0.2, 0) is 0 Å². The van der Waals surface area contributed by atoms with Crippen LogP contribution in [0.4, 0.5) is 34.1 Å². The molecule has 57 heavy (non-hydrogen) atoms. The molecule has 9 aromatic carbocycles. The van der Waals surface area contributed by atoms with Crippen molar-refractivity contribution in [2.24, 2.45) is 0 Å². The molecular formula is C52H32N2O3. The topological polar surface area (TPSA) is 45.9 Å². The number of hydrogen-bond donors (Lipinski definition) is 0. The molecule has 0 bridgehead atoms. The maximum atomic E-state index is 6.95. The quantitative estimate of drug-likeness (QED) is 0.170. The Balaban J connectivity index is 1.20. The van der Waals surface area contributed by atoms with Crippen LogP contribution in [0.2, 0.25) is 0 Å². The molecule has 0 spiro atoms. The predicted molar refractivity (Wildman–Crippen MR) is 235 cm³/mol. The summed E-state index contributed by atoms with van der Waals surface area (Å²) in [5, 5.41) is 8.64. The van der Waals surface area contributed by atoms with E-state index in [-0.39, 0.29) is 0 Å². The Bertz CT molecular complexity index is 3490. The lowest BCUT2D eigenvalue weighted by Gasteiger charge is -2.30. The van der Waals surface area contributed by atoms with Crippen molar-refractivity contribution in [3.05, 3.63) is 194 Å². The summed E-state index contributed by atoms with van der Waals surface area (Å²) in [7, 11) is 0. The summed E-state index contributed by atoms with van der Waals surface area (Å²) in [6.45, 7) is 0. The summed E-state index contributed by atoms with van der Waals surface area (Å²) in [4.78, 5) is 4.65. The molecule has 268 valence electrons. The maximum Gasteiger partial charge on any atom is 0.139 e. The highest BCUT2D eigenvalue weighted by Crippen LogP contribution is 2.50. The number of fused-ring (bicyclic) bond motifs is 10. The summed E-state index contributed by atoms with van der Waals surface area (Å²) < 4.78 is 19.9. The molecule has 12 rings (SSSR count). The van der Waals surface area contributed by atoms with E-state index < -0.39 is 0 Å². The summed E-state index contributed by atoms with van der Waals surface area (Å²) in [6, 6.07) is 67.8. The highest BCUT2D eigenvalue weighted by atomic mass is 16.3. The molecule has 12 aromatic rings. The normalized spacial score (nSPS) is 11.9. The Hall–Kier alpha value is -7.76. The smallest absolute Gasteiger partial charge is 0.139 e. The average molecular weight is 733 g/mol. The molecule has 0 saturated heterocycles. The third kappa shape index (κ3) is 4.96. The van der Waals surface area contributed by atoms with E-state index >= 15 is 0 Å². The van der Waals surface area contributed by atoms with Crippen molar-refractivity contribution in [2.75, 3.05) is 9.80 Å². The molecule has 0 fully saturated rings. The van der Waals surface area contributed by atoms with Gasteiger partial charge < -0.3 is 23.1 Å². The molecular weight excluding hydrogens is 701 g/mol. The number of nitrogens with zero attached hydrogens (tertiary/aromatic N) is 2. The van der Waals surface area contributed by atoms with Gasteiger partial charge in [0.15, 0.2) is 0 Å². The standard InChI is InChI=1S/C52H32N2O3/c1-3-16-35(17-4-1)53(37-26-27-40-39-20-9-11-23-45(39)56-49(40)31-37)38-30-44(52-42-28-33-14-7-8-15-34(33)29-48(42)57-50(52)32-38)54(36-18-5-2-6-19-36)43-22-13-25-47-51(43)41-21-10-12-24-46(41)55-47/h1-32H. The third-order valence-corrected chi connectivity index (χ3v) is 11.2. The van der Waals surface area contributed by atoms with Crippen molar-refractivity contribution in [3.63, 3.8) is 0 Å². The van der Waals surface area contributed by atoms with Gasteiger partial charge in [-0.25, -0.2) is 0 Å². The van der Waals surface area contributed by atoms with E-state index in [0.29, 0.717) is 0 Å². The molecule has 0 unspecified atom stereocenters. The van der Waals surface area contributed by atoms with E-state index in [1.165, 1.54) is 0 Å². The summed E-state index contributed by atoms with van der Waals surface area (Å²) in [5.41, 5.74) is 10.9. The highest BCUT2D eigenvalue weighted by Gasteiger charge is 2.26. The second-order valence-electron chi connectivity index (χ2n) is 14.5. The van der Waals surface area contributed by atoms with Crippen LogP contribution >= 0.6 is 0 Å². The Kier molecular flexibility index (Phi) is 6.86. The number of rotatable bonds is 6. The summed E-state index contributed by atoms with van der Waals surface area (Å²) in [5.74, 6) is 0. The van der Waals surface area contributed by atoms with E-state index in [9.17, 15) is 0 Å². The highest BCUT2D eigenvalue weighted by molar-refractivity contribution is 6.20. The van der Waals surface area contributed by atoms with E-state index in [2.05, 4.69) is 180 Å². The van der Waals surface area contributed by atoms with Crippen LogP contribution < -0.4 is 9.80 Å². The maximum absolute atomic E-state index is 6.95. The van der Waals surface area contributed by atoms with E-state index in [0.717, 1.165) is 111 Å². The first kappa shape index (κ1) is 31.6. The minimum atomic E-state index is 0.781. The molecule has 0 radical (unpaired) electrons. The molecule has 0 saturated carbocycles. The second-order valence-corrected chi connectivity index (χ2v) is 14.5. The lowest BCUT2D eigenvalue weighted by atomic mass is 10.0. The van der Waals surface area contributed by atoms with Gasteiger partial charge >= 0.3 is 0 Å². The van der Waals surface area contributed by atoms with Crippen molar-refractivity contribution < 1.29 is 13.3 Å².